The van der Waals surface area contributed by atoms with Gasteiger partial charge in [-0.15, -0.1) is 0 Å². The maximum absolute atomic E-state index is 2.33. The minimum absolute atomic E-state index is 1.19. The summed E-state index contributed by atoms with van der Waals surface area (Å²) in [6, 6.07) is 17.9. The molecule has 0 aliphatic rings. The van der Waals surface area contributed by atoms with Crippen molar-refractivity contribution in [2.45, 2.75) is 52.4 Å². The van der Waals surface area contributed by atoms with Gasteiger partial charge in [0, 0.05) is 0 Å². The van der Waals surface area contributed by atoms with Gasteiger partial charge in [0.15, 0.2) is 7.28 Å². The van der Waals surface area contributed by atoms with E-state index < -0.39 is 0 Å². The Morgan fingerprint density at radius 2 is 1.19 bits per heavy atom. The van der Waals surface area contributed by atoms with E-state index in [1.165, 1.54) is 60.6 Å². The highest BCUT2D eigenvalue weighted by molar-refractivity contribution is 6.67. The van der Waals surface area contributed by atoms with Gasteiger partial charge in [0.05, 0.1) is 0 Å². The fourth-order valence-corrected chi connectivity index (χ4v) is 2.63. The Balaban J connectivity index is 2.03. The summed E-state index contributed by atoms with van der Waals surface area (Å²) < 4.78 is 0. The van der Waals surface area contributed by atoms with Crippen molar-refractivity contribution in [1.82, 2.24) is 0 Å². The van der Waals surface area contributed by atoms with Gasteiger partial charge in [0.2, 0.25) is 0 Å². The molecule has 1 radical (unpaired) electrons. The first-order chi connectivity index (χ1) is 10.3. The molecule has 0 saturated heterocycles. The van der Waals surface area contributed by atoms with Crippen molar-refractivity contribution >= 4 is 18.2 Å². The molecule has 0 N–H and O–H groups in total. The maximum atomic E-state index is 2.33. The molecular formula is C20H26B. The summed E-state index contributed by atoms with van der Waals surface area (Å²) in [5, 5.41) is 0. The number of aryl methyl sites for hydroxylation is 2. The van der Waals surface area contributed by atoms with E-state index in [4.69, 9.17) is 0 Å². The number of benzene rings is 2. The van der Waals surface area contributed by atoms with Gasteiger partial charge in [-0.2, -0.15) is 0 Å². The molecule has 1 heteroatoms. The van der Waals surface area contributed by atoms with Crippen molar-refractivity contribution in [1.29, 1.82) is 0 Å². The first kappa shape index (κ1) is 15.9. The van der Waals surface area contributed by atoms with E-state index in [1.54, 1.807) is 0 Å². The molecule has 0 aliphatic carbocycles. The van der Waals surface area contributed by atoms with Crippen LogP contribution in [0.1, 0.15) is 50.7 Å². The summed E-state index contributed by atoms with van der Waals surface area (Å²) in [6.07, 6.45) is 7.44. The number of rotatable bonds is 8. The molecule has 0 spiro atoms. The van der Waals surface area contributed by atoms with Crippen LogP contribution >= 0.6 is 0 Å². The van der Waals surface area contributed by atoms with Gasteiger partial charge in [-0.1, -0.05) is 86.1 Å². The zero-order chi connectivity index (χ0) is 14.9. The molecule has 0 fully saturated rings. The lowest BCUT2D eigenvalue weighted by Gasteiger charge is -2.06. The number of hydrogen-bond acceptors (Lipinski definition) is 0. The topological polar surface area (TPSA) is 0 Å². The van der Waals surface area contributed by atoms with Gasteiger partial charge < -0.3 is 0 Å². The highest BCUT2D eigenvalue weighted by Gasteiger charge is 2.02. The molecule has 0 atom stereocenters. The molecule has 0 nitrogen and oxygen atoms in total. The number of unbranched alkanes of at least 4 members (excludes halogenated alkanes) is 2. The van der Waals surface area contributed by atoms with Crippen LogP contribution in [-0.2, 0) is 12.8 Å². The molecule has 0 bridgehead atoms. The molecule has 21 heavy (non-hydrogen) atoms. The van der Waals surface area contributed by atoms with E-state index in [0.29, 0.717) is 0 Å². The van der Waals surface area contributed by atoms with Crippen LogP contribution in [-0.4, -0.2) is 7.28 Å². The molecule has 2 aromatic rings. The van der Waals surface area contributed by atoms with Gasteiger partial charge in [0.1, 0.15) is 0 Å². The van der Waals surface area contributed by atoms with E-state index in [1.807, 2.05) is 0 Å². The van der Waals surface area contributed by atoms with Crippen molar-refractivity contribution in [2.24, 2.45) is 0 Å². The van der Waals surface area contributed by atoms with Gasteiger partial charge in [-0.25, -0.2) is 0 Å². The monoisotopic (exact) mass is 277 g/mol. The second-order valence-electron chi connectivity index (χ2n) is 5.84. The molecular weight excluding hydrogens is 251 g/mol. The normalized spacial score (nSPS) is 10.6. The van der Waals surface area contributed by atoms with Crippen LogP contribution < -0.4 is 10.9 Å². The van der Waals surface area contributed by atoms with Crippen molar-refractivity contribution < 1.29 is 0 Å². The van der Waals surface area contributed by atoms with E-state index >= 15 is 0 Å². The third-order valence-corrected chi connectivity index (χ3v) is 3.87. The predicted octanol–water partition coefficient (Wildman–Crippen LogP) is 4.03. The third-order valence-electron chi connectivity index (χ3n) is 3.87. The molecule has 2 aromatic carbocycles. The maximum Gasteiger partial charge on any atom is 0.191 e. The molecule has 0 heterocycles. The molecule has 0 unspecified atom stereocenters. The van der Waals surface area contributed by atoms with Crippen molar-refractivity contribution in [3.8, 4) is 0 Å². The predicted molar refractivity (Wildman–Crippen MR) is 95.1 cm³/mol. The van der Waals surface area contributed by atoms with Gasteiger partial charge in [0.25, 0.3) is 0 Å². The average molecular weight is 277 g/mol. The second kappa shape index (κ2) is 8.72. The first-order valence-corrected chi connectivity index (χ1v) is 8.34. The Kier molecular flexibility index (Phi) is 6.59. The molecule has 2 rings (SSSR count). The van der Waals surface area contributed by atoms with Gasteiger partial charge in [-0.3, -0.25) is 0 Å². The Hall–Kier alpha value is -1.50. The Morgan fingerprint density at radius 3 is 1.62 bits per heavy atom. The third kappa shape index (κ3) is 5.42. The summed E-state index contributed by atoms with van der Waals surface area (Å²) in [4.78, 5) is 0. The number of hydrogen-bond donors (Lipinski definition) is 0. The zero-order valence-electron chi connectivity index (χ0n) is 13.4. The van der Waals surface area contributed by atoms with Crippen LogP contribution in [0.15, 0.2) is 48.5 Å². The van der Waals surface area contributed by atoms with E-state index in [-0.39, 0.29) is 0 Å². The molecule has 0 amide bonds. The summed E-state index contributed by atoms with van der Waals surface area (Å²) in [5.74, 6) is 0. The van der Waals surface area contributed by atoms with E-state index in [2.05, 4.69) is 69.7 Å². The SMILES string of the molecule is CCCCc1cccc([B]c2cccc(CCCC)c2)c1. The Bertz CT molecular complexity index is 496. The Morgan fingerprint density at radius 1 is 0.714 bits per heavy atom. The van der Waals surface area contributed by atoms with Crippen LogP contribution in [0.4, 0.5) is 0 Å². The summed E-state index contributed by atoms with van der Waals surface area (Å²) in [6.45, 7) is 4.50. The lowest BCUT2D eigenvalue weighted by molar-refractivity contribution is 0.795. The average Bonchev–Trinajstić information content (AvgIpc) is 2.52. The quantitative estimate of drug-likeness (QED) is 0.639. The smallest absolute Gasteiger partial charge is 0.0812 e. The van der Waals surface area contributed by atoms with Gasteiger partial charge >= 0.3 is 0 Å². The molecule has 109 valence electrons. The van der Waals surface area contributed by atoms with Crippen molar-refractivity contribution in [3.63, 3.8) is 0 Å². The minimum atomic E-state index is 1.19. The lowest BCUT2D eigenvalue weighted by atomic mass is 9.63. The fourth-order valence-electron chi connectivity index (χ4n) is 2.63. The Labute approximate surface area is 130 Å². The first-order valence-electron chi connectivity index (χ1n) is 8.34. The van der Waals surface area contributed by atoms with Gasteiger partial charge in [-0.05, 0) is 36.8 Å². The summed E-state index contributed by atoms with van der Waals surface area (Å²) in [7, 11) is 2.30. The van der Waals surface area contributed by atoms with E-state index in [0.717, 1.165) is 0 Å². The van der Waals surface area contributed by atoms with Crippen LogP contribution in [0.25, 0.3) is 0 Å². The van der Waals surface area contributed by atoms with Crippen LogP contribution in [0.5, 0.6) is 0 Å². The summed E-state index contributed by atoms with van der Waals surface area (Å²) in [5.41, 5.74) is 5.54. The zero-order valence-corrected chi connectivity index (χ0v) is 13.4. The lowest BCUT2D eigenvalue weighted by Crippen LogP contribution is -2.27. The minimum Gasteiger partial charge on any atom is -0.0812 e. The standard InChI is InChI=1S/C20H26B/c1-3-5-9-17-11-7-13-19(15-17)21-20-14-8-12-18(16-20)10-6-4-2/h7-8,11-16H,3-6,9-10H2,1-2H3. The molecule has 0 aromatic heterocycles. The highest BCUT2D eigenvalue weighted by Crippen LogP contribution is 2.04. The molecule has 0 saturated carbocycles. The van der Waals surface area contributed by atoms with E-state index in [9.17, 15) is 0 Å². The molecule has 0 aliphatic heterocycles. The van der Waals surface area contributed by atoms with Crippen molar-refractivity contribution in [2.75, 3.05) is 0 Å². The second-order valence-corrected chi connectivity index (χ2v) is 5.84. The highest BCUT2D eigenvalue weighted by atomic mass is 14.0. The van der Waals surface area contributed by atoms with Crippen molar-refractivity contribution in [3.05, 3.63) is 59.7 Å². The fraction of sp³-hybridized carbons (Fsp3) is 0.400. The van der Waals surface area contributed by atoms with Crippen LogP contribution in [0, 0.1) is 0 Å². The largest absolute Gasteiger partial charge is 0.191 e. The van der Waals surface area contributed by atoms with Crippen LogP contribution in [0.3, 0.4) is 0 Å². The van der Waals surface area contributed by atoms with Crippen LogP contribution in [0.2, 0.25) is 0 Å². The summed E-state index contributed by atoms with van der Waals surface area (Å²) >= 11 is 0.